The maximum Gasteiger partial charge on any atom is 0.191 e. The maximum absolute atomic E-state index is 5.58. The van der Waals surface area contributed by atoms with E-state index in [9.17, 15) is 0 Å². The van der Waals surface area contributed by atoms with Gasteiger partial charge in [0, 0.05) is 31.3 Å². The van der Waals surface area contributed by atoms with Gasteiger partial charge in [0.1, 0.15) is 0 Å². The number of unbranched alkanes of at least 4 members (excludes halogenated alkanes) is 1. The highest BCUT2D eigenvalue weighted by Crippen LogP contribution is 2.16. The van der Waals surface area contributed by atoms with Gasteiger partial charge in [-0.2, -0.15) is 0 Å². The molecule has 1 heterocycles. The monoisotopic (exact) mass is 372 g/mol. The number of hydrogen-bond donors (Lipinski definition) is 2. The number of fused-ring (bicyclic) bond motifs is 1. The Labute approximate surface area is 162 Å². The fraction of sp³-hybridized carbons (Fsp3) is 0.524. The predicted molar refractivity (Wildman–Crippen MR) is 111 cm³/mol. The first-order chi connectivity index (χ1) is 13.3. The highest BCUT2D eigenvalue weighted by Gasteiger charge is 2.02. The van der Waals surface area contributed by atoms with E-state index in [-0.39, 0.29) is 0 Å². The Morgan fingerprint density at radius 3 is 2.63 bits per heavy atom. The maximum atomic E-state index is 5.58. The van der Waals surface area contributed by atoms with E-state index in [1.807, 2.05) is 24.4 Å². The molecule has 0 bridgehead atoms. The highest BCUT2D eigenvalue weighted by molar-refractivity contribution is 5.85. The van der Waals surface area contributed by atoms with Gasteiger partial charge in [-0.15, -0.1) is 0 Å². The molecule has 0 aliphatic heterocycles. The Bertz CT molecular complexity index is 685. The topological polar surface area (TPSA) is 67.8 Å². The summed E-state index contributed by atoms with van der Waals surface area (Å²) in [6.07, 6.45) is 4.10. The van der Waals surface area contributed by atoms with Crippen LogP contribution in [0.4, 0.5) is 0 Å². The summed E-state index contributed by atoms with van der Waals surface area (Å²) in [6, 6.07) is 10.3. The number of aromatic nitrogens is 1. The summed E-state index contributed by atoms with van der Waals surface area (Å²) >= 11 is 0. The molecule has 0 spiro atoms. The lowest BCUT2D eigenvalue weighted by Gasteiger charge is -2.12. The van der Waals surface area contributed by atoms with E-state index >= 15 is 0 Å². The highest BCUT2D eigenvalue weighted by atomic mass is 16.5. The third-order valence-corrected chi connectivity index (χ3v) is 4.04. The molecule has 2 rings (SSSR count). The van der Waals surface area contributed by atoms with Crippen LogP contribution in [-0.4, -0.2) is 50.5 Å². The minimum absolute atomic E-state index is 0.531. The number of ether oxygens (including phenoxy) is 2. The number of benzene rings is 1. The molecule has 0 aliphatic carbocycles. The van der Waals surface area contributed by atoms with Crippen molar-refractivity contribution in [3.8, 4) is 0 Å². The van der Waals surface area contributed by atoms with Crippen LogP contribution in [0.25, 0.3) is 10.8 Å². The zero-order valence-electron chi connectivity index (χ0n) is 16.5. The van der Waals surface area contributed by atoms with Crippen LogP contribution in [0.3, 0.4) is 0 Å². The quantitative estimate of drug-likeness (QED) is 0.340. The summed E-state index contributed by atoms with van der Waals surface area (Å²) in [7, 11) is 0. The summed E-state index contributed by atoms with van der Waals surface area (Å²) < 4.78 is 11.1. The lowest BCUT2D eigenvalue weighted by molar-refractivity contribution is 0.0487. The minimum atomic E-state index is 0.531. The number of pyridine rings is 1. The smallest absolute Gasteiger partial charge is 0.191 e. The van der Waals surface area contributed by atoms with Gasteiger partial charge in [-0.05, 0) is 24.8 Å². The van der Waals surface area contributed by atoms with Gasteiger partial charge in [0.25, 0.3) is 0 Å². The molecule has 2 N–H and O–H groups in total. The van der Waals surface area contributed by atoms with E-state index in [0.717, 1.165) is 43.0 Å². The van der Waals surface area contributed by atoms with Crippen molar-refractivity contribution in [2.45, 2.75) is 33.2 Å². The Morgan fingerprint density at radius 2 is 1.81 bits per heavy atom. The second kappa shape index (κ2) is 13.1. The van der Waals surface area contributed by atoms with Crippen molar-refractivity contribution in [2.24, 2.45) is 4.99 Å². The first-order valence-electron chi connectivity index (χ1n) is 9.85. The lowest BCUT2D eigenvalue weighted by atomic mass is 10.1. The molecule has 6 heteroatoms. The van der Waals surface area contributed by atoms with Crippen molar-refractivity contribution in [2.75, 3.05) is 39.5 Å². The van der Waals surface area contributed by atoms with Crippen LogP contribution in [0.2, 0.25) is 0 Å². The summed E-state index contributed by atoms with van der Waals surface area (Å²) in [4.78, 5) is 9.14. The van der Waals surface area contributed by atoms with Crippen LogP contribution in [-0.2, 0) is 16.0 Å². The number of aliphatic imine (C=N–C) groups is 1. The fourth-order valence-corrected chi connectivity index (χ4v) is 2.61. The van der Waals surface area contributed by atoms with Crippen LogP contribution >= 0.6 is 0 Å². The van der Waals surface area contributed by atoms with Crippen molar-refractivity contribution < 1.29 is 9.47 Å². The van der Waals surface area contributed by atoms with E-state index in [1.54, 1.807) is 0 Å². The zero-order valence-corrected chi connectivity index (χ0v) is 16.5. The molecular formula is C21H32N4O2. The Balaban J connectivity index is 1.75. The van der Waals surface area contributed by atoms with Crippen molar-refractivity contribution in [1.82, 2.24) is 15.6 Å². The molecule has 6 nitrogen and oxygen atoms in total. The van der Waals surface area contributed by atoms with Crippen molar-refractivity contribution in [3.63, 3.8) is 0 Å². The van der Waals surface area contributed by atoms with Gasteiger partial charge in [0.2, 0.25) is 0 Å². The van der Waals surface area contributed by atoms with Crippen LogP contribution in [0, 0.1) is 0 Å². The molecule has 2 aromatic rings. The van der Waals surface area contributed by atoms with Crippen molar-refractivity contribution >= 4 is 16.7 Å². The van der Waals surface area contributed by atoms with Gasteiger partial charge in [-0.1, -0.05) is 37.6 Å². The number of rotatable bonds is 12. The SMILES string of the molecule is CCCCOCCOCCNC(=NCc1nccc2ccccc12)NCC. The number of hydrogen-bond acceptors (Lipinski definition) is 4. The van der Waals surface area contributed by atoms with Gasteiger partial charge in [0.05, 0.1) is 32.1 Å². The lowest BCUT2D eigenvalue weighted by Crippen LogP contribution is -2.39. The second-order valence-corrected chi connectivity index (χ2v) is 6.18. The van der Waals surface area contributed by atoms with Gasteiger partial charge in [-0.25, -0.2) is 4.99 Å². The summed E-state index contributed by atoms with van der Waals surface area (Å²) in [5.74, 6) is 0.773. The van der Waals surface area contributed by atoms with E-state index in [0.29, 0.717) is 32.9 Å². The van der Waals surface area contributed by atoms with Gasteiger partial charge in [-0.3, -0.25) is 4.98 Å². The fourth-order valence-electron chi connectivity index (χ4n) is 2.61. The molecule has 0 aliphatic rings. The summed E-state index contributed by atoms with van der Waals surface area (Å²) in [5.41, 5.74) is 0.978. The van der Waals surface area contributed by atoms with E-state index in [4.69, 9.17) is 9.47 Å². The van der Waals surface area contributed by atoms with E-state index in [2.05, 4.69) is 46.6 Å². The molecule has 0 amide bonds. The first kappa shape index (κ1) is 21.1. The second-order valence-electron chi connectivity index (χ2n) is 6.18. The number of nitrogens with one attached hydrogen (secondary N) is 2. The Kier molecular flexibility index (Phi) is 10.2. The van der Waals surface area contributed by atoms with Gasteiger partial charge in [0.15, 0.2) is 5.96 Å². The zero-order chi connectivity index (χ0) is 19.2. The third kappa shape index (κ3) is 7.93. The molecule has 0 saturated heterocycles. The standard InChI is InChI=1S/C21H32N4O2/c1-3-5-13-26-15-16-27-14-12-24-21(22-4-2)25-17-20-19-9-7-6-8-18(19)10-11-23-20/h6-11H,3-5,12-17H2,1-2H3,(H2,22,24,25). The van der Waals surface area contributed by atoms with Crippen molar-refractivity contribution in [1.29, 1.82) is 0 Å². The minimum Gasteiger partial charge on any atom is -0.379 e. The molecule has 0 radical (unpaired) electrons. The Hall–Kier alpha value is -2.18. The first-order valence-corrected chi connectivity index (χ1v) is 9.85. The van der Waals surface area contributed by atoms with E-state index < -0.39 is 0 Å². The average molecular weight is 373 g/mol. The molecule has 0 unspecified atom stereocenters. The van der Waals surface area contributed by atoms with E-state index in [1.165, 1.54) is 5.39 Å². The molecule has 27 heavy (non-hydrogen) atoms. The normalized spacial score (nSPS) is 11.7. The van der Waals surface area contributed by atoms with Crippen LogP contribution in [0.5, 0.6) is 0 Å². The number of guanidine groups is 1. The van der Waals surface area contributed by atoms with Gasteiger partial charge >= 0.3 is 0 Å². The molecule has 0 fully saturated rings. The van der Waals surface area contributed by atoms with Crippen LogP contribution in [0.1, 0.15) is 32.4 Å². The molecule has 1 aromatic carbocycles. The molecule has 0 saturated carbocycles. The summed E-state index contributed by atoms with van der Waals surface area (Å²) in [5, 5.41) is 8.88. The largest absolute Gasteiger partial charge is 0.379 e. The predicted octanol–water partition coefficient (Wildman–Crippen LogP) is 3.12. The van der Waals surface area contributed by atoms with Crippen LogP contribution < -0.4 is 10.6 Å². The van der Waals surface area contributed by atoms with Crippen molar-refractivity contribution in [3.05, 3.63) is 42.2 Å². The summed E-state index contributed by atoms with van der Waals surface area (Å²) in [6.45, 7) is 8.96. The Morgan fingerprint density at radius 1 is 1.00 bits per heavy atom. The molecule has 148 valence electrons. The number of nitrogens with zero attached hydrogens (tertiary/aromatic N) is 2. The molecule has 1 aromatic heterocycles. The molecule has 0 atom stereocenters. The third-order valence-electron chi connectivity index (χ3n) is 4.04. The van der Waals surface area contributed by atoms with Crippen LogP contribution in [0.15, 0.2) is 41.5 Å². The molecular weight excluding hydrogens is 340 g/mol. The van der Waals surface area contributed by atoms with Gasteiger partial charge < -0.3 is 20.1 Å². The average Bonchev–Trinajstić information content (AvgIpc) is 2.70.